The van der Waals surface area contributed by atoms with Crippen LogP contribution < -0.4 is 5.32 Å². The summed E-state index contributed by atoms with van der Waals surface area (Å²) < 4.78 is 1.04. The van der Waals surface area contributed by atoms with Gasteiger partial charge in [0.2, 0.25) is 0 Å². The predicted molar refractivity (Wildman–Crippen MR) is 71.7 cm³/mol. The van der Waals surface area contributed by atoms with Gasteiger partial charge in [-0.05, 0) is 48.9 Å². The van der Waals surface area contributed by atoms with Crippen molar-refractivity contribution in [2.45, 2.75) is 18.8 Å². The van der Waals surface area contributed by atoms with Crippen molar-refractivity contribution < 1.29 is 0 Å². The van der Waals surface area contributed by atoms with Crippen LogP contribution in [0.15, 0.2) is 28.7 Å². The lowest BCUT2D eigenvalue weighted by Gasteiger charge is -2.19. The Balaban J connectivity index is 1.82. The quantitative estimate of drug-likeness (QED) is 0.920. The van der Waals surface area contributed by atoms with Crippen LogP contribution in [0.4, 0.5) is 0 Å². The lowest BCUT2D eigenvalue weighted by molar-refractivity contribution is 0.446. The average molecular weight is 308 g/mol. The van der Waals surface area contributed by atoms with Crippen molar-refractivity contribution in [3.63, 3.8) is 0 Å². The molecule has 0 amide bonds. The molecule has 2 heterocycles. The van der Waals surface area contributed by atoms with E-state index >= 15 is 0 Å². The number of hydrogen-bond acceptors (Lipinski definition) is 4. The smallest absolute Gasteiger partial charge is 0.179 e. The molecule has 0 bridgehead atoms. The molecule has 0 radical (unpaired) electrons. The molecule has 1 N–H and O–H groups in total. The topological polar surface area (TPSA) is 55.6 Å². The maximum Gasteiger partial charge on any atom is 0.179 e. The Bertz CT molecular complexity index is 516. The molecule has 18 heavy (non-hydrogen) atoms. The summed E-state index contributed by atoms with van der Waals surface area (Å²) in [5.74, 6) is 1.23. The van der Waals surface area contributed by atoms with Crippen LogP contribution in [0, 0.1) is 0 Å². The van der Waals surface area contributed by atoms with Crippen molar-refractivity contribution in [2.75, 3.05) is 13.1 Å². The first-order valence-electron chi connectivity index (χ1n) is 6.09. The highest BCUT2D eigenvalue weighted by atomic mass is 79.9. The maximum absolute atomic E-state index is 4.47. The molecule has 2 aromatic rings. The van der Waals surface area contributed by atoms with E-state index in [0.29, 0.717) is 5.92 Å². The number of nitrogens with one attached hydrogen (secondary N) is 1. The molecule has 3 rings (SSSR count). The van der Waals surface area contributed by atoms with Gasteiger partial charge in [-0.3, -0.25) is 0 Å². The summed E-state index contributed by atoms with van der Waals surface area (Å²) in [7, 11) is 0. The summed E-state index contributed by atoms with van der Waals surface area (Å²) in [5.41, 5.74) is 0.931. The monoisotopic (exact) mass is 307 g/mol. The molecule has 94 valence electrons. The molecule has 1 aromatic heterocycles. The van der Waals surface area contributed by atoms with E-state index in [4.69, 9.17) is 0 Å². The molecule has 1 fully saturated rings. The van der Waals surface area contributed by atoms with Gasteiger partial charge in [-0.1, -0.05) is 15.9 Å². The summed E-state index contributed by atoms with van der Waals surface area (Å²) in [6.45, 7) is 2.05. The molecule has 1 aromatic carbocycles. The minimum absolute atomic E-state index is 0.392. The number of halogens is 1. The molecule has 1 atom stereocenters. The van der Waals surface area contributed by atoms with Gasteiger partial charge in [0.25, 0.3) is 0 Å². The summed E-state index contributed by atoms with van der Waals surface area (Å²) in [5, 5.41) is 16.1. The number of rotatable bonds is 2. The van der Waals surface area contributed by atoms with Crippen molar-refractivity contribution in [2.24, 2.45) is 0 Å². The lowest BCUT2D eigenvalue weighted by Crippen LogP contribution is -2.29. The van der Waals surface area contributed by atoms with E-state index in [1.165, 1.54) is 6.42 Å². The van der Waals surface area contributed by atoms with E-state index < -0.39 is 0 Å². The SMILES string of the molecule is Brc1ccc(-n2nnc(C3CCCNC3)n2)cc1. The lowest BCUT2D eigenvalue weighted by atomic mass is 9.99. The van der Waals surface area contributed by atoms with E-state index in [0.717, 1.165) is 35.5 Å². The molecular weight excluding hydrogens is 294 g/mol. The Kier molecular flexibility index (Phi) is 3.38. The Morgan fingerprint density at radius 1 is 1.28 bits per heavy atom. The fraction of sp³-hybridized carbons (Fsp3) is 0.417. The van der Waals surface area contributed by atoms with Crippen LogP contribution in [0.5, 0.6) is 0 Å². The minimum Gasteiger partial charge on any atom is -0.316 e. The number of nitrogens with zero attached hydrogens (tertiary/aromatic N) is 4. The van der Waals surface area contributed by atoms with Crippen molar-refractivity contribution >= 4 is 15.9 Å². The number of aromatic nitrogens is 4. The van der Waals surface area contributed by atoms with Crippen molar-refractivity contribution in [1.29, 1.82) is 0 Å². The fourth-order valence-electron chi connectivity index (χ4n) is 2.14. The normalized spacial score (nSPS) is 19.9. The van der Waals surface area contributed by atoms with Crippen LogP contribution in [0.2, 0.25) is 0 Å². The zero-order valence-corrected chi connectivity index (χ0v) is 11.5. The van der Waals surface area contributed by atoms with Crippen LogP contribution in [0.25, 0.3) is 5.69 Å². The first-order chi connectivity index (χ1) is 8.83. The summed E-state index contributed by atoms with van der Waals surface area (Å²) >= 11 is 3.41. The number of piperidine rings is 1. The Hall–Kier alpha value is -1.27. The van der Waals surface area contributed by atoms with E-state index in [-0.39, 0.29) is 0 Å². The van der Waals surface area contributed by atoms with E-state index in [1.54, 1.807) is 4.80 Å². The predicted octanol–water partition coefficient (Wildman–Crippen LogP) is 1.89. The first kappa shape index (κ1) is 11.8. The first-order valence-corrected chi connectivity index (χ1v) is 6.89. The third kappa shape index (κ3) is 2.44. The summed E-state index contributed by atoms with van der Waals surface area (Å²) in [4.78, 5) is 1.59. The van der Waals surface area contributed by atoms with E-state index in [1.807, 2.05) is 24.3 Å². The highest BCUT2D eigenvalue weighted by Crippen LogP contribution is 2.19. The second-order valence-corrected chi connectivity index (χ2v) is 5.37. The van der Waals surface area contributed by atoms with Crippen LogP contribution in [0.1, 0.15) is 24.6 Å². The zero-order valence-electron chi connectivity index (χ0n) is 9.88. The standard InChI is InChI=1S/C12H14BrN5/c13-10-3-5-11(6-4-10)18-16-12(15-17-18)9-2-1-7-14-8-9/h3-6,9,14H,1-2,7-8H2. The van der Waals surface area contributed by atoms with Gasteiger partial charge in [-0.2, -0.15) is 0 Å². The van der Waals surface area contributed by atoms with Gasteiger partial charge in [-0.15, -0.1) is 15.0 Å². The van der Waals surface area contributed by atoms with Crippen molar-refractivity contribution in [3.8, 4) is 5.69 Å². The zero-order chi connectivity index (χ0) is 12.4. The van der Waals surface area contributed by atoms with E-state index in [2.05, 4.69) is 36.7 Å². The molecule has 1 aliphatic heterocycles. The maximum atomic E-state index is 4.47. The highest BCUT2D eigenvalue weighted by Gasteiger charge is 2.20. The number of benzene rings is 1. The van der Waals surface area contributed by atoms with Crippen LogP contribution >= 0.6 is 15.9 Å². The molecule has 0 aliphatic carbocycles. The minimum atomic E-state index is 0.392. The van der Waals surface area contributed by atoms with Gasteiger partial charge < -0.3 is 5.32 Å². The highest BCUT2D eigenvalue weighted by molar-refractivity contribution is 9.10. The Morgan fingerprint density at radius 3 is 2.83 bits per heavy atom. The van der Waals surface area contributed by atoms with Gasteiger partial charge in [0.1, 0.15) is 0 Å². The number of tetrazole rings is 1. The Morgan fingerprint density at radius 2 is 2.11 bits per heavy atom. The van der Waals surface area contributed by atoms with Crippen molar-refractivity contribution in [3.05, 3.63) is 34.6 Å². The van der Waals surface area contributed by atoms with Gasteiger partial charge in [0, 0.05) is 16.9 Å². The Labute approximate surface area is 114 Å². The average Bonchev–Trinajstić information content (AvgIpc) is 2.90. The van der Waals surface area contributed by atoms with E-state index in [9.17, 15) is 0 Å². The third-order valence-corrected chi connectivity index (χ3v) is 3.68. The third-order valence-electron chi connectivity index (χ3n) is 3.15. The molecule has 1 saturated heterocycles. The molecule has 5 nitrogen and oxygen atoms in total. The van der Waals surface area contributed by atoms with Gasteiger partial charge in [-0.25, -0.2) is 0 Å². The van der Waals surface area contributed by atoms with Crippen LogP contribution in [-0.4, -0.2) is 33.3 Å². The van der Waals surface area contributed by atoms with Crippen molar-refractivity contribution in [1.82, 2.24) is 25.5 Å². The van der Waals surface area contributed by atoms with Gasteiger partial charge in [0.15, 0.2) is 5.82 Å². The molecule has 0 saturated carbocycles. The largest absolute Gasteiger partial charge is 0.316 e. The second kappa shape index (κ2) is 5.16. The summed E-state index contributed by atoms with van der Waals surface area (Å²) in [6.07, 6.45) is 2.32. The van der Waals surface area contributed by atoms with Gasteiger partial charge >= 0.3 is 0 Å². The van der Waals surface area contributed by atoms with Gasteiger partial charge in [0.05, 0.1) is 5.69 Å². The molecule has 1 aliphatic rings. The second-order valence-electron chi connectivity index (χ2n) is 4.46. The fourth-order valence-corrected chi connectivity index (χ4v) is 2.41. The van der Waals surface area contributed by atoms with Crippen LogP contribution in [0.3, 0.4) is 0 Å². The summed E-state index contributed by atoms with van der Waals surface area (Å²) in [6, 6.07) is 7.88. The molecule has 1 unspecified atom stereocenters. The molecular formula is C12H14BrN5. The van der Waals surface area contributed by atoms with Crippen LogP contribution in [-0.2, 0) is 0 Å². The molecule has 6 heteroatoms. The molecule has 0 spiro atoms. The number of hydrogen-bond donors (Lipinski definition) is 1.